The molecule has 2 fully saturated rings. The molecule has 2 aliphatic carbocycles. The van der Waals surface area contributed by atoms with Crippen LogP contribution in [0.1, 0.15) is 87.7 Å². The molecule has 0 amide bonds. The van der Waals surface area contributed by atoms with Crippen LogP contribution in [0.5, 0.6) is 0 Å². The first-order valence-electron chi connectivity index (χ1n) is 10.6. The molecule has 3 rings (SSSR count). The van der Waals surface area contributed by atoms with E-state index in [1.807, 2.05) is 0 Å². The maximum absolute atomic E-state index is 11.2. The molecule has 0 bridgehead atoms. The van der Waals surface area contributed by atoms with Gasteiger partial charge in [0.2, 0.25) is 0 Å². The molecule has 2 atom stereocenters. The number of aliphatic hydroxyl groups is 1. The van der Waals surface area contributed by atoms with Crippen LogP contribution in [0.15, 0.2) is 36.4 Å². The molecule has 0 saturated heterocycles. The van der Waals surface area contributed by atoms with Crippen molar-refractivity contribution in [2.24, 2.45) is 5.92 Å². The third kappa shape index (κ3) is 4.82. The molecular formula is C24H34O3. The van der Waals surface area contributed by atoms with Crippen LogP contribution in [0.25, 0.3) is 0 Å². The summed E-state index contributed by atoms with van der Waals surface area (Å²) in [5, 5.41) is 10.5. The van der Waals surface area contributed by atoms with Crippen molar-refractivity contribution in [1.29, 1.82) is 0 Å². The van der Waals surface area contributed by atoms with Gasteiger partial charge < -0.3 is 9.84 Å². The predicted octanol–water partition coefficient (Wildman–Crippen LogP) is 5.62. The minimum atomic E-state index is -0.568. The van der Waals surface area contributed by atoms with Crippen LogP contribution in [0.2, 0.25) is 0 Å². The number of rotatable bonds is 9. The minimum absolute atomic E-state index is 0.103. The summed E-state index contributed by atoms with van der Waals surface area (Å²) < 4.78 is 4.69. The van der Waals surface area contributed by atoms with Gasteiger partial charge in [-0.1, -0.05) is 55.7 Å². The number of benzene rings is 1. The molecule has 0 heterocycles. The summed E-state index contributed by atoms with van der Waals surface area (Å²) in [7, 11) is 1.45. The molecule has 148 valence electrons. The molecule has 0 spiro atoms. The Bertz CT molecular complexity index is 642. The predicted molar refractivity (Wildman–Crippen MR) is 109 cm³/mol. The van der Waals surface area contributed by atoms with Crippen molar-refractivity contribution >= 4 is 5.97 Å². The normalized spacial score (nSPS) is 23.9. The Morgan fingerprint density at radius 3 is 2.52 bits per heavy atom. The van der Waals surface area contributed by atoms with Crippen molar-refractivity contribution < 1.29 is 14.6 Å². The van der Waals surface area contributed by atoms with Gasteiger partial charge in [-0.15, -0.1) is 0 Å². The van der Waals surface area contributed by atoms with E-state index in [4.69, 9.17) is 0 Å². The van der Waals surface area contributed by atoms with Gasteiger partial charge in [-0.25, -0.2) is 0 Å². The Balaban J connectivity index is 1.49. The number of hydrogen-bond acceptors (Lipinski definition) is 3. The average molecular weight is 371 g/mol. The zero-order valence-electron chi connectivity index (χ0n) is 16.7. The van der Waals surface area contributed by atoms with E-state index in [1.54, 1.807) is 0 Å². The number of unbranched alkanes of at least 4 members (excludes halogenated alkanes) is 3. The van der Waals surface area contributed by atoms with Crippen molar-refractivity contribution in [2.45, 2.75) is 82.1 Å². The van der Waals surface area contributed by atoms with Crippen molar-refractivity contribution in [3.63, 3.8) is 0 Å². The lowest BCUT2D eigenvalue weighted by molar-refractivity contribution is -0.140. The second-order valence-electron chi connectivity index (χ2n) is 8.45. The van der Waals surface area contributed by atoms with E-state index in [0.717, 1.165) is 44.1 Å². The van der Waals surface area contributed by atoms with Crippen LogP contribution in [0.4, 0.5) is 0 Å². The summed E-state index contributed by atoms with van der Waals surface area (Å²) in [5.74, 6) is 1.04. The molecule has 0 radical (unpaired) electrons. The van der Waals surface area contributed by atoms with Gasteiger partial charge in [-0.05, 0) is 67.9 Å². The van der Waals surface area contributed by atoms with Gasteiger partial charge in [0.1, 0.15) is 0 Å². The maximum atomic E-state index is 11.2. The summed E-state index contributed by atoms with van der Waals surface area (Å²) in [6.45, 7) is 4.34. The molecule has 3 nitrogen and oxygen atoms in total. The zero-order valence-corrected chi connectivity index (χ0v) is 16.7. The summed E-state index contributed by atoms with van der Waals surface area (Å²) >= 11 is 0. The highest BCUT2D eigenvalue weighted by atomic mass is 16.5. The molecule has 0 aliphatic heterocycles. The molecule has 1 N–H and O–H groups in total. The Morgan fingerprint density at radius 2 is 1.89 bits per heavy atom. The molecule has 3 heteroatoms. The molecule has 2 saturated carbocycles. The van der Waals surface area contributed by atoms with Crippen LogP contribution in [0.3, 0.4) is 0 Å². The lowest BCUT2D eigenvalue weighted by Crippen LogP contribution is -2.33. The maximum Gasteiger partial charge on any atom is 0.305 e. The van der Waals surface area contributed by atoms with Crippen molar-refractivity contribution in [1.82, 2.24) is 0 Å². The summed E-state index contributed by atoms with van der Waals surface area (Å²) in [5.41, 5.74) is 3.31. The second-order valence-corrected chi connectivity index (χ2v) is 8.45. The molecule has 1 aromatic carbocycles. The van der Waals surface area contributed by atoms with Gasteiger partial charge in [0, 0.05) is 6.42 Å². The van der Waals surface area contributed by atoms with E-state index >= 15 is 0 Å². The smallest absolute Gasteiger partial charge is 0.305 e. The monoisotopic (exact) mass is 370 g/mol. The number of carbonyl (C=O) groups excluding carboxylic acids is 1. The Hall–Kier alpha value is -1.61. The van der Waals surface area contributed by atoms with Crippen molar-refractivity contribution in [3.05, 3.63) is 47.5 Å². The SMILES string of the molecule is C=C1CCC(c2ccc(C3(O)CCC3)cc2)[C@H]1CCCCCCC(=O)OC. The first-order chi connectivity index (χ1) is 13.0. The van der Waals surface area contributed by atoms with Crippen LogP contribution < -0.4 is 0 Å². The molecule has 27 heavy (non-hydrogen) atoms. The number of esters is 1. The average Bonchev–Trinajstić information content (AvgIpc) is 3.03. The standard InChI is InChI=1S/C24H34O3/c1-18-10-15-22(21(18)8-5-3-4-6-9-23(25)27-2)19-11-13-20(14-12-19)24(26)16-7-17-24/h11-14,21-22,26H,1,3-10,15-17H2,2H3/t21-,22?/m0/s1. The number of methoxy groups -OCH3 is 1. The number of carbonyl (C=O) groups is 1. The van der Waals surface area contributed by atoms with E-state index in [2.05, 4.69) is 35.6 Å². The third-order valence-electron chi connectivity index (χ3n) is 6.72. The van der Waals surface area contributed by atoms with Crippen LogP contribution in [0, 0.1) is 5.92 Å². The van der Waals surface area contributed by atoms with Crippen LogP contribution in [-0.4, -0.2) is 18.2 Å². The first-order valence-corrected chi connectivity index (χ1v) is 10.6. The van der Waals surface area contributed by atoms with E-state index in [0.29, 0.717) is 18.3 Å². The topological polar surface area (TPSA) is 46.5 Å². The van der Waals surface area contributed by atoms with Gasteiger partial charge in [0.25, 0.3) is 0 Å². The first kappa shape index (κ1) is 20.1. The highest BCUT2D eigenvalue weighted by molar-refractivity contribution is 5.68. The Kier molecular flexibility index (Phi) is 6.75. The number of ether oxygens (including phenoxy) is 1. The molecule has 2 aliphatic rings. The number of allylic oxidation sites excluding steroid dienone is 1. The Labute approximate surface area is 163 Å². The van der Waals surface area contributed by atoms with Crippen LogP contribution in [-0.2, 0) is 15.1 Å². The van der Waals surface area contributed by atoms with E-state index < -0.39 is 5.60 Å². The van der Waals surface area contributed by atoms with E-state index in [1.165, 1.54) is 43.9 Å². The number of hydrogen-bond donors (Lipinski definition) is 1. The quantitative estimate of drug-likeness (QED) is 0.348. The lowest BCUT2D eigenvalue weighted by atomic mass is 9.74. The van der Waals surface area contributed by atoms with Gasteiger partial charge >= 0.3 is 5.97 Å². The van der Waals surface area contributed by atoms with E-state index in [-0.39, 0.29) is 5.97 Å². The van der Waals surface area contributed by atoms with Crippen molar-refractivity contribution in [3.8, 4) is 0 Å². The van der Waals surface area contributed by atoms with E-state index in [9.17, 15) is 9.90 Å². The summed E-state index contributed by atoms with van der Waals surface area (Å²) in [6.07, 6.45) is 11.3. The largest absolute Gasteiger partial charge is 0.469 e. The minimum Gasteiger partial charge on any atom is -0.469 e. The zero-order chi connectivity index (χ0) is 19.3. The molecule has 0 aromatic heterocycles. The fourth-order valence-electron chi connectivity index (χ4n) is 4.75. The van der Waals surface area contributed by atoms with Gasteiger partial charge in [0.05, 0.1) is 12.7 Å². The fraction of sp³-hybridized carbons (Fsp3) is 0.625. The molecular weight excluding hydrogens is 336 g/mol. The molecule has 1 unspecified atom stereocenters. The summed E-state index contributed by atoms with van der Waals surface area (Å²) in [6, 6.07) is 8.75. The summed E-state index contributed by atoms with van der Waals surface area (Å²) in [4.78, 5) is 11.2. The van der Waals surface area contributed by atoms with Gasteiger partial charge in [-0.3, -0.25) is 4.79 Å². The molecule has 1 aromatic rings. The van der Waals surface area contributed by atoms with Gasteiger partial charge in [-0.2, -0.15) is 0 Å². The van der Waals surface area contributed by atoms with Crippen molar-refractivity contribution in [2.75, 3.05) is 7.11 Å². The lowest BCUT2D eigenvalue weighted by Gasteiger charge is -2.37. The highest BCUT2D eigenvalue weighted by Crippen LogP contribution is 2.46. The fourth-order valence-corrected chi connectivity index (χ4v) is 4.75. The highest BCUT2D eigenvalue weighted by Gasteiger charge is 2.36. The second kappa shape index (κ2) is 9.05. The van der Waals surface area contributed by atoms with Crippen LogP contribution >= 0.6 is 0 Å². The third-order valence-corrected chi connectivity index (χ3v) is 6.72. The van der Waals surface area contributed by atoms with Gasteiger partial charge in [0.15, 0.2) is 0 Å². The Morgan fingerprint density at radius 1 is 1.19 bits per heavy atom.